The number of thioether (sulfide) groups is 1. The minimum Gasteiger partial charge on any atom is -0.367 e. The molecule has 0 aromatic carbocycles. The summed E-state index contributed by atoms with van der Waals surface area (Å²) in [7, 11) is 0. The van der Waals surface area contributed by atoms with Gasteiger partial charge in [-0.15, -0.1) is 0 Å². The van der Waals surface area contributed by atoms with E-state index in [-0.39, 0.29) is 0 Å². The van der Waals surface area contributed by atoms with Gasteiger partial charge >= 0.3 is 0 Å². The molecule has 3 rings (SSSR count). The molecule has 0 bridgehead atoms. The van der Waals surface area contributed by atoms with Crippen LogP contribution in [0.25, 0.3) is 0 Å². The number of anilines is 1. The number of nitrogens with zero attached hydrogens (tertiary/aromatic N) is 2. The Kier molecular flexibility index (Phi) is 3.09. The third kappa shape index (κ3) is 2.54. The Morgan fingerprint density at radius 1 is 1.31 bits per heavy atom. The smallest absolute Gasteiger partial charge is 0.124 e. The number of hydrogen-bond acceptors (Lipinski definition) is 3. The Bertz CT molecular complexity index is 340. The van der Waals surface area contributed by atoms with Crippen LogP contribution < -0.4 is 5.32 Å². The Morgan fingerprint density at radius 3 is 2.88 bits per heavy atom. The maximum atomic E-state index is 4.41. The maximum absolute atomic E-state index is 4.41. The van der Waals surface area contributed by atoms with Crippen LogP contribution in [-0.2, 0) is 6.54 Å². The van der Waals surface area contributed by atoms with Gasteiger partial charge in [-0.3, -0.25) is 0 Å². The first kappa shape index (κ1) is 10.5. The molecule has 1 saturated carbocycles. The van der Waals surface area contributed by atoms with Crippen LogP contribution >= 0.6 is 11.8 Å². The van der Waals surface area contributed by atoms with Crippen LogP contribution in [0.3, 0.4) is 0 Å². The summed E-state index contributed by atoms with van der Waals surface area (Å²) in [5, 5.41) is 8.06. The van der Waals surface area contributed by atoms with E-state index in [1.165, 1.54) is 43.0 Å². The summed E-state index contributed by atoms with van der Waals surface area (Å²) in [4.78, 5) is 0. The molecule has 88 valence electrons. The molecule has 1 aliphatic carbocycles. The van der Waals surface area contributed by atoms with Crippen LogP contribution in [0.4, 0.5) is 5.82 Å². The highest BCUT2D eigenvalue weighted by atomic mass is 32.2. The first-order valence-corrected chi connectivity index (χ1v) is 7.43. The molecule has 1 aliphatic heterocycles. The topological polar surface area (TPSA) is 29.9 Å². The van der Waals surface area contributed by atoms with Gasteiger partial charge in [-0.25, -0.2) is 4.68 Å². The van der Waals surface area contributed by atoms with Gasteiger partial charge in [0.25, 0.3) is 0 Å². The van der Waals surface area contributed by atoms with Gasteiger partial charge in [0.15, 0.2) is 0 Å². The molecule has 4 heteroatoms. The zero-order chi connectivity index (χ0) is 10.8. The molecule has 1 saturated heterocycles. The largest absolute Gasteiger partial charge is 0.367 e. The molecule has 1 N–H and O–H groups in total. The van der Waals surface area contributed by atoms with Gasteiger partial charge in [0, 0.05) is 18.7 Å². The molecule has 2 aliphatic rings. The highest BCUT2D eigenvalue weighted by molar-refractivity contribution is 7.99. The molecule has 0 spiro atoms. The first-order chi connectivity index (χ1) is 7.92. The monoisotopic (exact) mass is 237 g/mol. The van der Waals surface area contributed by atoms with Crippen molar-refractivity contribution in [2.75, 3.05) is 16.8 Å². The molecule has 3 nitrogen and oxygen atoms in total. The minimum absolute atomic E-state index is 0.663. The third-order valence-corrected chi connectivity index (χ3v) is 4.47. The van der Waals surface area contributed by atoms with Gasteiger partial charge in [0.05, 0.1) is 6.20 Å². The summed E-state index contributed by atoms with van der Waals surface area (Å²) < 4.78 is 2.15. The molecule has 2 fully saturated rings. The summed E-state index contributed by atoms with van der Waals surface area (Å²) in [5.74, 6) is 4.72. The lowest BCUT2D eigenvalue weighted by Crippen LogP contribution is -2.26. The standard InChI is InChI=1S/C12H19N3S/c1-2-10(1)9-15-12(3-6-13-15)14-11-4-7-16-8-5-11/h3,6,10-11,14H,1-2,4-5,7-9H2. The lowest BCUT2D eigenvalue weighted by Gasteiger charge is -2.23. The predicted octanol–water partition coefficient (Wildman–Crippen LogP) is 2.60. The van der Waals surface area contributed by atoms with Gasteiger partial charge < -0.3 is 5.32 Å². The molecule has 0 atom stereocenters. The van der Waals surface area contributed by atoms with Crippen LogP contribution in [0, 0.1) is 5.92 Å². The average Bonchev–Trinajstić information content (AvgIpc) is 3.02. The van der Waals surface area contributed by atoms with E-state index in [2.05, 4.69) is 32.9 Å². The quantitative estimate of drug-likeness (QED) is 0.873. The molecule has 0 amide bonds. The Balaban J connectivity index is 1.61. The van der Waals surface area contributed by atoms with Crippen molar-refractivity contribution in [2.24, 2.45) is 5.92 Å². The lowest BCUT2D eigenvalue weighted by atomic mass is 10.1. The molecular formula is C12H19N3S. The Labute approximate surface area is 101 Å². The van der Waals surface area contributed by atoms with Crippen molar-refractivity contribution in [1.82, 2.24) is 9.78 Å². The van der Waals surface area contributed by atoms with Crippen LogP contribution in [0.2, 0.25) is 0 Å². The van der Waals surface area contributed by atoms with E-state index in [0.29, 0.717) is 6.04 Å². The highest BCUT2D eigenvalue weighted by Gasteiger charge is 2.23. The van der Waals surface area contributed by atoms with E-state index in [4.69, 9.17) is 0 Å². The first-order valence-electron chi connectivity index (χ1n) is 6.28. The van der Waals surface area contributed by atoms with E-state index >= 15 is 0 Å². The highest BCUT2D eigenvalue weighted by Crippen LogP contribution is 2.31. The van der Waals surface area contributed by atoms with Crippen molar-refractivity contribution in [3.05, 3.63) is 12.3 Å². The van der Waals surface area contributed by atoms with Crippen LogP contribution in [-0.4, -0.2) is 27.3 Å². The summed E-state index contributed by atoms with van der Waals surface area (Å²) in [5.41, 5.74) is 0. The molecule has 0 unspecified atom stereocenters. The number of rotatable bonds is 4. The average molecular weight is 237 g/mol. The zero-order valence-corrected chi connectivity index (χ0v) is 10.4. The van der Waals surface area contributed by atoms with Crippen molar-refractivity contribution >= 4 is 17.6 Å². The van der Waals surface area contributed by atoms with E-state index in [1.807, 2.05) is 6.20 Å². The molecule has 16 heavy (non-hydrogen) atoms. The summed E-state index contributed by atoms with van der Waals surface area (Å²) in [6.45, 7) is 1.11. The fraction of sp³-hybridized carbons (Fsp3) is 0.750. The van der Waals surface area contributed by atoms with Gasteiger partial charge in [0.1, 0.15) is 5.82 Å². The van der Waals surface area contributed by atoms with Crippen molar-refractivity contribution in [1.29, 1.82) is 0 Å². The van der Waals surface area contributed by atoms with Crippen molar-refractivity contribution in [3.63, 3.8) is 0 Å². The summed E-state index contributed by atoms with van der Waals surface area (Å²) >= 11 is 2.07. The van der Waals surface area contributed by atoms with E-state index < -0.39 is 0 Å². The van der Waals surface area contributed by atoms with Crippen molar-refractivity contribution in [3.8, 4) is 0 Å². The Morgan fingerprint density at radius 2 is 2.12 bits per heavy atom. The fourth-order valence-electron chi connectivity index (χ4n) is 2.20. The number of aromatic nitrogens is 2. The third-order valence-electron chi connectivity index (χ3n) is 3.42. The maximum Gasteiger partial charge on any atom is 0.124 e. The summed E-state index contributed by atoms with van der Waals surface area (Å²) in [6, 6.07) is 2.78. The molecule has 1 aromatic heterocycles. The van der Waals surface area contributed by atoms with Crippen LogP contribution in [0.1, 0.15) is 25.7 Å². The van der Waals surface area contributed by atoms with Crippen LogP contribution in [0.15, 0.2) is 12.3 Å². The van der Waals surface area contributed by atoms with Gasteiger partial charge in [-0.2, -0.15) is 16.9 Å². The molecule has 1 aromatic rings. The lowest BCUT2D eigenvalue weighted by molar-refractivity contribution is 0.558. The second-order valence-electron chi connectivity index (χ2n) is 4.87. The van der Waals surface area contributed by atoms with Crippen LogP contribution in [0.5, 0.6) is 0 Å². The fourth-order valence-corrected chi connectivity index (χ4v) is 3.30. The second-order valence-corrected chi connectivity index (χ2v) is 6.10. The van der Waals surface area contributed by atoms with Crippen molar-refractivity contribution in [2.45, 2.75) is 38.3 Å². The Hall–Kier alpha value is -0.640. The minimum atomic E-state index is 0.663. The van der Waals surface area contributed by atoms with Gasteiger partial charge in [-0.05, 0) is 43.1 Å². The second kappa shape index (κ2) is 4.70. The SMILES string of the molecule is c1cc(NC2CCSCC2)n(CC2CC2)n1. The van der Waals surface area contributed by atoms with Gasteiger partial charge in [-0.1, -0.05) is 0 Å². The molecule has 0 radical (unpaired) electrons. The van der Waals surface area contributed by atoms with Crippen molar-refractivity contribution < 1.29 is 0 Å². The number of nitrogens with one attached hydrogen (secondary N) is 1. The van der Waals surface area contributed by atoms with E-state index in [9.17, 15) is 0 Å². The predicted molar refractivity (Wildman–Crippen MR) is 68.9 cm³/mol. The number of hydrogen-bond donors (Lipinski definition) is 1. The summed E-state index contributed by atoms with van der Waals surface area (Å²) in [6.07, 6.45) is 7.28. The van der Waals surface area contributed by atoms with E-state index in [0.717, 1.165) is 12.5 Å². The van der Waals surface area contributed by atoms with E-state index in [1.54, 1.807) is 0 Å². The molecule has 2 heterocycles. The zero-order valence-electron chi connectivity index (χ0n) is 9.56. The van der Waals surface area contributed by atoms with Gasteiger partial charge in [0.2, 0.25) is 0 Å². The molecular weight excluding hydrogens is 218 g/mol. The normalized spacial score (nSPS) is 22.2.